The van der Waals surface area contributed by atoms with Gasteiger partial charge < -0.3 is 15.5 Å². The number of carboxylic acids is 1. The van der Waals surface area contributed by atoms with Gasteiger partial charge in [0.05, 0.1) is 12.5 Å². The Labute approximate surface area is 78.3 Å². The second kappa shape index (κ2) is 7.76. The van der Waals surface area contributed by atoms with Crippen LogP contribution in [-0.2, 0) is 4.79 Å². The Hall–Kier alpha value is -0.870. The highest BCUT2D eigenvalue weighted by atomic mass is 16.4. The van der Waals surface area contributed by atoms with Crippen molar-refractivity contribution in [2.75, 3.05) is 13.1 Å². The number of aliphatic hydroxyl groups excluding tert-OH is 1. The monoisotopic (exact) mass is 187 g/mol. The Morgan fingerprint density at radius 2 is 2.31 bits per heavy atom. The van der Waals surface area contributed by atoms with Gasteiger partial charge in [0, 0.05) is 6.54 Å². The smallest absolute Gasteiger partial charge is 0.306 e. The van der Waals surface area contributed by atoms with E-state index in [1.54, 1.807) is 0 Å². The van der Waals surface area contributed by atoms with Crippen molar-refractivity contribution >= 4 is 5.97 Å². The number of carboxylic acid groups (broad SMARTS) is 1. The fourth-order valence-corrected chi connectivity index (χ4v) is 0.894. The van der Waals surface area contributed by atoms with Crippen LogP contribution in [0.15, 0.2) is 12.2 Å². The van der Waals surface area contributed by atoms with E-state index < -0.39 is 12.1 Å². The summed E-state index contributed by atoms with van der Waals surface area (Å²) in [6.45, 7) is 3.05. The second-order valence-corrected chi connectivity index (χ2v) is 2.81. The number of carbonyl (C=O) groups is 1. The van der Waals surface area contributed by atoms with Gasteiger partial charge in [0.2, 0.25) is 0 Å². The van der Waals surface area contributed by atoms with Crippen LogP contribution in [0.1, 0.15) is 19.8 Å². The Morgan fingerprint density at radius 1 is 1.62 bits per heavy atom. The van der Waals surface area contributed by atoms with Gasteiger partial charge in [-0.1, -0.05) is 12.2 Å². The molecule has 76 valence electrons. The van der Waals surface area contributed by atoms with E-state index in [4.69, 9.17) is 10.2 Å². The molecule has 0 aromatic rings. The normalized spacial score (nSPS) is 13.4. The molecule has 1 unspecified atom stereocenters. The average Bonchev–Trinajstić information content (AvgIpc) is 2.02. The van der Waals surface area contributed by atoms with Crippen molar-refractivity contribution in [2.24, 2.45) is 0 Å². The number of nitrogens with one attached hydrogen (secondary N) is 1. The number of hydrogen-bond acceptors (Lipinski definition) is 3. The molecule has 0 aromatic heterocycles. The van der Waals surface area contributed by atoms with Crippen molar-refractivity contribution in [2.45, 2.75) is 25.9 Å². The molecule has 0 fully saturated rings. The fraction of sp³-hybridized carbons (Fsp3) is 0.667. The SMILES string of the molecule is C/C=C/CCNCC(O)CC(=O)O. The number of allylic oxidation sites excluding steroid dienone is 1. The van der Waals surface area contributed by atoms with Crippen molar-refractivity contribution in [1.82, 2.24) is 5.32 Å². The average molecular weight is 187 g/mol. The lowest BCUT2D eigenvalue weighted by atomic mass is 10.2. The zero-order valence-corrected chi connectivity index (χ0v) is 7.86. The first-order valence-electron chi connectivity index (χ1n) is 4.38. The maximum Gasteiger partial charge on any atom is 0.306 e. The Bertz CT molecular complexity index is 168. The van der Waals surface area contributed by atoms with Crippen LogP contribution >= 0.6 is 0 Å². The third-order valence-electron chi connectivity index (χ3n) is 1.51. The van der Waals surface area contributed by atoms with Crippen molar-refractivity contribution < 1.29 is 15.0 Å². The molecule has 0 saturated carbocycles. The summed E-state index contributed by atoms with van der Waals surface area (Å²) >= 11 is 0. The summed E-state index contributed by atoms with van der Waals surface area (Å²) in [6, 6.07) is 0. The molecule has 0 aliphatic heterocycles. The lowest BCUT2D eigenvalue weighted by molar-refractivity contribution is -0.139. The summed E-state index contributed by atoms with van der Waals surface area (Å²) in [6.07, 6.45) is 3.88. The third kappa shape index (κ3) is 9.04. The van der Waals surface area contributed by atoms with E-state index in [9.17, 15) is 4.79 Å². The molecule has 1 atom stereocenters. The topological polar surface area (TPSA) is 69.6 Å². The minimum Gasteiger partial charge on any atom is -0.481 e. The van der Waals surface area contributed by atoms with Gasteiger partial charge in [0.15, 0.2) is 0 Å². The predicted molar refractivity (Wildman–Crippen MR) is 50.6 cm³/mol. The van der Waals surface area contributed by atoms with Crippen molar-refractivity contribution in [3.8, 4) is 0 Å². The van der Waals surface area contributed by atoms with Crippen molar-refractivity contribution in [3.05, 3.63) is 12.2 Å². The first-order chi connectivity index (χ1) is 6.16. The van der Waals surface area contributed by atoms with Crippen LogP contribution in [0.4, 0.5) is 0 Å². The van der Waals surface area contributed by atoms with E-state index in [1.807, 2.05) is 19.1 Å². The fourth-order valence-electron chi connectivity index (χ4n) is 0.894. The maximum absolute atomic E-state index is 10.1. The molecule has 0 heterocycles. The number of aliphatic carboxylic acids is 1. The molecule has 0 aliphatic carbocycles. The van der Waals surface area contributed by atoms with Gasteiger partial charge in [-0.05, 0) is 19.9 Å². The van der Waals surface area contributed by atoms with E-state index >= 15 is 0 Å². The molecule has 0 aliphatic rings. The van der Waals surface area contributed by atoms with Gasteiger partial charge in [-0.25, -0.2) is 0 Å². The molecule has 0 amide bonds. The highest BCUT2D eigenvalue weighted by molar-refractivity contribution is 5.67. The second-order valence-electron chi connectivity index (χ2n) is 2.81. The Morgan fingerprint density at radius 3 is 2.85 bits per heavy atom. The van der Waals surface area contributed by atoms with E-state index in [1.165, 1.54) is 0 Å². The van der Waals surface area contributed by atoms with Gasteiger partial charge in [-0.3, -0.25) is 4.79 Å². The molecule has 0 bridgehead atoms. The van der Waals surface area contributed by atoms with Crippen LogP contribution in [0, 0.1) is 0 Å². The summed E-state index contributed by atoms with van der Waals surface area (Å²) in [5, 5.41) is 20.4. The molecule has 0 saturated heterocycles. The van der Waals surface area contributed by atoms with Crippen LogP contribution < -0.4 is 5.32 Å². The van der Waals surface area contributed by atoms with E-state index in [0.717, 1.165) is 13.0 Å². The number of rotatable bonds is 7. The van der Waals surface area contributed by atoms with Crippen LogP contribution in [-0.4, -0.2) is 35.4 Å². The van der Waals surface area contributed by atoms with Gasteiger partial charge in [0.25, 0.3) is 0 Å². The standard InChI is InChI=1S/C9H17NO3/c1-2-3-4-5-10-7-8(11)6-9(12)13/h2-3,8,10-11H,4-7H2,1H3,(H,12,13)/b3-2+. The quantitative estimate of drug-likeness (QED) is 0.398. The molecule has 4 nitrogen and oxygen atoms in total. The molecular formula is C9H17NO3. The van der Waals surface area contributed by atoms with Crippen LogP contribution in [0.25, 0.3) is 0 Å². The molecule has 0 aromatic carbocycles. The minimum absolute atomic E-state index is 0.198. The largest absolute Gasteiger partial charge is 0.481 e. The lowest BCUT2D eigenvalue weighted by Crippen LogP contribution is -2.29. The summed E-state index contributed by atoms with van der Waals surface area (Å²) in [4.78, 5) is 10.1. The zero-order chi connectivity index (χ0) is 10.1. The first-order valence-corrected chi connectivity index (χ1v) is 4.38. The van der Waals surface area contributed by atoms with Crippen LogP contribution in [0.5, 0.6) is 0 Å². The highest BCUT2D eigenvalue weighted by Crippen LogP contribution is 1.89. The predicted octanol–water partition coefficient (Wildman–Crippen LogP) is 0.378. The Kier molecular flexibility index (Phi) is 7.24. The molecule has 13 heavy (non-hydrogen) atoms. The first kappa shape index (κ1) is 12.1. The highest BCUT2D eigenvalue weighted by Gasteiger charge is 2.07. The summed E-state index contributed by atoms with van der Waals surface area (Å²) in [7, 11) is 0. The van der Waals surface area contributed by atoms with Gasteiger partial charge in [-0.2, -0.15) is 0 Å². The lowest BCUT2D eigenvalue weighted by Gasteiger charge is -2.07. The van der Waals surface area contributed by atoms with E-state index in [2.05, 4.69) is 5.32 Å². The number of hydrogen-bond donors (Lipinski definition) is 3. The van der Waals surface area contributed by atoms with Gasteiger partial charge in [-0.15, -0.1) is 0 Å². The van der Waals surface area contributed by atoms with E-state index in [0.29, 0.717) is 6.54 Å². The van der Waals surface area contributed by atoms with Crippen molar-refractivity contribution in [1.29, 1.82) is 0 Å². The molecule has 4 heteroatoms. The third-order valence-corrected chi connectivity index (χ3v) is 1.51. The zero-order valence-electron chi connectivity index (χ0n) is 7.86. The number of aliphatic hydroxyl groups is 1. The molecular weight excluding hydrogens is 170 g/mol. The molecule has 0 rings (SSSR count). The van der Waals surface area contributed by atoms with Crippen molar-refractivity contribution in [3.63, 3.8) is 0 Å². The molecule has 0 radical (unpaired) electrons. The maximum atomic E-state index is 10.1. The van der Waals surface area contributed by atoms with Gasteiger partial charge in [0.1, 0.15) is 0 Å². The van der Waals surface area contributed by atoms with E-state index in [-0.39, 0.29) is 6.42 Å². The van der Waals surface area contributed by atoms with Crippen LogP contribution in [0.2, 0.25) is 0 Å². The van der Waals surface area contributed by atoms with Gasteiger partial charge >= 0.3 is 5.97 Å². The summed E-state index contributed by atoms with van der Waals surface area (Å²) in [5.74, 6) is -0.970. The summed E-state index contributed by atoms with van der Waals surface area (Å²) < 4.78 is 0. The molecule has 3 N–H and O–H groups in total. The Balaban J connectivity index is 3.26. The molecule has 0 spiro atoms. The minimum atomic E-state index is -0.970. The summed E-state index contributed by atoms with van der Waals surface area (Å²) in [5.41, 5.74) is 0. The van der Waals surface area contributed by atoms with Crippen LogP contribution in [0.3, 0.4) is 0 Å².